The van der Waals surface area contributed by atoms with Crippen molar-refractivity contribution < 1.29 is 37.7 Å². The fraction of sp³-hybridized carbons (Fsp3) is 0.758. The van der Waals surface area contributed by atoms with Crippen LogP contribution in [0, 0.1) is 5.92 Å². The number of unbranched alkanes of at least 4 members (excludes halogenated alkanes) is 12. The van der Waals surface area contributed by atoms with Crippen molar-refractivity contribution in [1.82, 2.24) is 5.32 Å². The number of amides is 1. The Morgan fingerprint density at radius 1 is 0.933 bits per heavy atom. The first kappa shape index (κ1) is 39.7. The molecule has 1 aromatic carbocycles. The van der Waals surface area contributed by atoms with Crippen molar-refractivity contribution in [2.24, 2.45) is 5.92 Å². The summed E-state index contributed by atoms with van der Waals surface area (Å²) in [5.74, 6) is -0.315. The molecule has 1 aliphatic rings. The summed E-state index contributed by atoms with van der Waals surface area (Å²) >= 11 is 5.07. The second kappa shape index (κ2) is 23.8. The smallest absolute Gasteiger partial charge is 0.431 e. The zero-order valence-electron chi connectivity index (χ0n) is 27.4. The molecule has 0 aromatic heterocycles. The Kier molecular flexibility index (Phi) is 21.0. The average molecular weight is 668 g/mol. The maximum absolute atomic E-state index is 12.3. The normalized spacial score (nSPS) is 20.9. The number of nitrogens with one attached hydrogen (secondary N) is 1. The zero-order chi connectivity index (χ0) is 32.8. The van der Waals surface area contributed by atoms with Crippen molar-refractivity contribution >= 4 is 38.4 Å². The Morgan fingerprint density at radius 2 is 1.53 bits per heavy atom. The maximum atomic E-state index is 12.3. The Bertz CT molecular complexity index is 991. The summed E-state index contributed by atoms with van der Waals surface area (Å²) in [6, 6.07) is 8.50. The second-order valence-electron chi connectivity index (χ2n) is 11.8. The van der Waals surface area contributed by atoms with Crippen LogP contribution in [0.4, 0.5) is 4.79 Å². The van der Waals surface area contributed by atoms with E-state index in [9.17, 15) is 14.5 Å². The molecule has 45 heavy (non-hydrogen) atoms. The lowest BCUT2D eigenvalue weighted by Crippen LogP contribution is -2.34. The van der Waals surface area contributed by atoms with Gasteiger partial charge in [-0.15, -0.1) is 0 Å². The van der Waals surface area contributed by atoms with E-state index < -0.39 is 31.1 Å². The van der Waals surface area contributed by atoms with E-state index in [1.807, 2.05) is 30.3 Å². The third-order valence-corrected chi connectivity index (χ3v) is 9.81. The molecule has 1 fully saturated rings. The molecular weight excluding hydrogens is 612 g/mol. The minimum absolute atomic E-state index is 0.0448. The highest BCUT2D eigenvalue weighted by Crippen LogP contribution is 2.48. The molecule has 9 nitrogen and oxygen atoms in total. The zero-order valence-corrected chi connectivity index (χ0v) is 29.1. The van der Waals surface area contributed by atoms with Crippen LogP contribution in [0.3, 0.4) is 0 Å². The van der Waals surface area contributed by atoms with E-state index in [1.165, 1.54) is 77.7 Å². The first-order valence-corrected chi connectivity index (χ1v) is 19.4. The van der Waals surface area contributed by atoms with Crippen LogP contribution in [-0.2, 0) is 46.5 Å². The highest BCUT2D eigenvalue weighted by molar-refractivity contribution is 8.07. The number of benzene rings is 1. The van der Waals surface area contributed by atoms with Gasteiger partial charge in [0.25, 0.3) is 0 Å². The van der Waals surface area contributed by atoms with E-state index in [1.54, 1.807) is 0 Å². The molecule has 0 aliphatic carbocycles. The Balaban J connectivity index is 1.62. The molecule has 12 heteroatoms. The molecule has 0 saturated carbocycles. The van der Waals surface area contributed by atoms with Gasteiger partial charge in [0.1, 0.15) is 33.3 Å². The van der Waals surface area contributed by atoms with Crippen LogP contribution >= 0.6 is 6.72 Å². The van der Waals surface area contributed by atoms with Gasteiger partial charge in [-0.3, -0.25) is 4.79 Å². The van der Waals surface area contributed by atoms with Crippen LogP contribution in [-0.4, -0.2) is 63.3 Å². The highest BCUT2D eigenvalue weighted by Gasteiger charge is 2.45. The molecule has 1 amide bonds. The van der Waals surface area contributed by atoms with Crippen molar-refractivity contribution in [1.29, 1.82) is 0 Å². The van der Waals surface area contributed by atoms with Gasteiger partial charge in [0.2, 0.25) is 5.91 Å². The summed E-state index contributed by atoms with van der Waals surface area (Å²) in [5.41, 5.74) is 0.826. The van der Waals surface area contributed by atoms with Crippen LogP contribution in [0.2, 0.25) is 0 Å². The van der Waals surface area contributed by atoms with Gasteiger partial charge in [0, 0.05) is 32.0 Å². The Morgan fingerprint density at radius 3 is 2.13 bits per heavy atom. The minimum Gasteiger partial charge on any atom is -0.431 e. The molecule has 0 bridgehead atoms. The number of ether oxygens (including phenoxy) is 3. The summed E-state index contributed by atoms with van der Waals surface area (Å²) < 4.78 is 27.0. The molecule has 1 aliphatic heterocycles. The topological polar surface area (TPSA) is 113 Å². The molecule has 254 valence electrons. The van der Waals surface area contributed by atoms with Crippen molar-refractivity contribution in [2.45, 2.75) is 134 Å². The number of carbonyl (C=O) groups excluding carboxylic acids is 2. The molecule has 2 N–H and O–H groups in total. The lowest BCUT2D eigenvalue weighted by molar-refractivity contribution is -0.121. The summed E-state index contributed by atoms with van der Waals surface area (Å²) in [6.07, 6.45) is 15.8. The van der Waals surface area contributed by atoms with Gasteiger partial charge in [-0.25, -0.2) is 4.79 Å². The molecular formula is C33H55BNO8PS. The largest absolute Gasteiger partial charge is 0.508 e. The number of rotatable bonds is 25. The average Bonchev–Trinajstić information content (AvgIpc) is 3.32. The second-order valence-corrected chi connectivity index (χ2v) is 14.7. The first-order valence-electron chi connectivity index (χ1n) is 16.8. The van der Waals surface area contributed by atoms with Gasteiger partial charge in [-0.2, -0.15) is 0 Å². The maximum Gasteiger partial charge on any atom is 0.508 e. The van der Waals surface area contributed by atoms with Gasteiger partial charge in [-0.05, 0) is 36.6 Å². The number of carbonyl (C=O) groups is 2. The van der Waals surface area contributed by atoms with Crippen LogP contribution in [0.15, 0.2) is 30.3 Å². The monoisotopic (exact) mass is 667 g/mol. The van der Waals surface area contributed by atoms with Gasteiger partial charge in [0.15, 0.2) is 0 Å². The van der Waals surface area contributed by atoms with E-state index in [2.05, 4.69) is 12.2 Å². The van der Waals surface area contributed by atoms with E-state index in [4.69, 9.17) is 42.9 Å². The van der Waals surface area contributed by atoms with E-state index >= 15 is 0 Å². The predicted molar refractivity (Wildman–Crippen MR) is 181 cm³/mol. The third kappa shape index (κ3) is 17.9. The molecule has 5 atom stereocenters. The van der Waals surface area contributed by atoms with Gasteiger partial charge >= 0.3 is 12.9 Å². The Labute approximate surface area is 277 Å². The van der Waals surface area contributed by atoms with Crippen LogP contribution in [0.5, 0.6) is 0 Å². The predicted octanol–water partition coefficient (Wildman–Crippen LogP) is 7.48. The molecule has 1 aromatic rings. The molecule has 2 unspecified atom stereocenters. The van der Waals surface area contributed by atoms with Crippen molar-refractivity contribution in [3.05, 3.63) is 35.9 Å². The van der Waals surface area contributed by atoms with Crippen molar-refractivity contribution in [3.8, 4) is 0 Å². The first-order chi connectivity index (χ1) is 21.8. The van der Waals surface area contributed by atoms with Gasteiger partial charge in [-0.1, -0.05) is 114 Å². The van der Waals surface area contributed by atoms with Gasteiger partial charge in [0.05, 0.1) is 0 Å². The number of hydrogen-bond acceptors (Lipinski definition) is 8. The van der Waals surface area contributed by atoms with E-state index in [0.29, 0.717) is 25.8 Å². The van der Waals surface area contributed by atoms with Crippen LogP contribution < -0.4 is 5.32 Å². The lowest BCUT2D eigenvalue weighted by Gasteiger charge is -2.27. The molecule has 0 spiro atoms. The summed E-state index contributed by atoms with van der Waals surface area (Å²) in [6.45, 7) is -0.946. The van der Waals surface area contributed by atoms with E-state index in [0.717, 1.165) is 18.4 Å². The summed E-state index contributed by atoms with van der Waals surface area (Å²) in [7, 11) is 7.53. The van der Waals surface area contributed by atoms with Crippen molar-refractivity contribution in [3.63, 3.8) is 0 Å². The standard InChI is InChI=1S/C33H55BNO8PS/c1-3-4-5-6-7-8-9-10-11-12-13-14-18-23-30(36)35-24-19-22-28-31(43-44(38,45)39-2)29(42-32(28)34)26-41-33(37)40-25-27-20-16-15-17-21-27/h15-17,20-21,28-29,31-32H,3-14,18-19,22-26H2,1-2H3,(H,35,36)(H,38,45)/t28-,29+,31?,32+,44?/m0/s1. The van der Waals surface area contributed by atoms with Gasteiger partial charge < -0.3 is 33.5 Å². The lowest BCUT2D eigenvalue weighted by atomic mass is 9.82. The van der Waals surface area contributed by atoms with Crippen LogP contribution in [0.1, 0.15) is 115 Å². The fourth-order valence-corrected chi connectivity index (χ4v) is 6.50. The third-order valence-electron chi connectivity index (χ3n) is 8.14. The number of hydrogen-bond donors (Lipinski definition) is 2. The molecule has 1 saturated heterocycles. The van der Waals surface area contributed by atoms with Crippen molar-refractivity contribution in [2.75, 3.05) is 20.3 Å². The molecule has 2 rings (SSSR count). The minimum atomic E-state index is -3.56. The molecule has 1 heterocycles. The quantitative estimate of drug-likeness (QED) is 0.0475. The fourth-order valence-electron chi connectivity index (χ4n) is 5.51. The highest BCUT2D eigenvalue weighted by atomic mass is 32.5. The Hall–Kier alpha value is -1.49. The SMILES string of the molecule is [B][C@@H]1O[C@H](COC(=O)OCc2ccccc2)C(OP(O)(=S)OC)[C@@H]1CCCNC(=O)CCCCCCCCCCCCCCC. The molecule has 2 radical (unpaired) electrons. The van der Waals surface area contributed by atoms with Crippen LogP contribution in [0.25, 0.3) is 0 Å². The summed E-state index contributed by atoms with van der Waals surface area (Å²) in [4.78, 5) is 34.9. The van der Waals surface area contributed by atoms with E-state index in [-0.39, 0.29) is 25.0 Å². The summed E-state index contributed by atoms with van der Waals surface area (Å²) in [5, 5.41) is 2.98.